The van der Waals surface area contributed by atoms with E-state index < -0.39 is 0 Å². The van der Waals surface area contributed by atoms with Crippen LogP contribution in [0.5, 0.6) is 11.5 Å². The Morgan fingerprint density at radius 1 is 0.800 bits per heavy atom. The van der Waals surface area contributed by atoms with Crippen molar-refractivity contribution < 1.29 is 4.74 Å². The number of aromatic nitrogens is 2. The van der Waals surface area contributed by atoms with Gasteiger partial charge >= 0.3 is 0 Å². The normalized spacial score (nSPS) is 14.1. The zero-order chi connectivity index (χ0) is 27.7. The third-order valence-electron chi connectivity index (χ3n) is 6.42. The molecule has 5 rings (SSSR count). The Balaban J connectivity index is 1.27. The second-order valence-corrected chi connectivity index (χ2v) is 10.0. The summed E-state index contributed by atoms with van der Waals surface area (Å²) in [6.07, 6.45) is 0. The van der Waals surface area contributed by atoms with Gasteiger partial charge in [0.1, 0.15) is 11.5 Å². The van der Waals surface area contributed by atoms with E-state index >= 15 is 0 Å². The van der Waals surface area contributed by atoms with Gasteiger partial charge in [0.15, 0.2) is 0 Å². The molecule has 0 saturated carbocycles. The van der Waals surface area contributed by atoms with Gasteiger partial charge in [-0.15, -0.1) is 0 Å². The van der Waals surface area contributed by atoms with E-state index in [4.69, 9.17) is 21.9 Å². The Bertz CT molecular complexity index is 1420. The maximum atomic E-state index is 5.89. The highest BCUT2D eigenvalue weighted by molar-refractivity contribution is 7.80. The van der Waals surface area contributed by atoms with Crippen LogP contribution in [0.25, 0.3) is 0 Å². The Kier molecular flexibility index (Phi) is 8.95. The standard InChI is InChI=1S/C31H33N7OS/c1-23-21-24(2)33-29(32-23)35-30(38-19-17-37(18-20-38)22-25-9-5-3-6-10-25)36-31(40)34-26-13-15-28(16-14-26)39-27-11-7-4-8-12-27/h3-16,21H,17-20,22H2,1-2H3,(H2,32,33,34,35,36,40). The lowest BCUT2D eigenvalue weighted by Crippen LogP contribution is -2.50. The number of aliphatic imine (C=N–C) groups is 1. The fourth-order valence-corrected chi connectivity index (χ4v) is 4.70. The van der Waals surface area contributed by atoms with E-state index in [0.717, 1.165) is 61.3 Å². The van der Waals surface area contributed by atoms with Crippen molar-refractivity contribution in [2.75, 3.05) is 36.8 Å². The summed E-state index contributed by atoms with van der Waals surface area (Å²) < 4.78 is 5.89. The third kappa shape index (κ3) is 7.84. The first kappa shape index (κ1) is 27.2. The van der Waals surface area contributed by atoms with Crippen molar-refractivity contribution in [1.82, 2.24) is 19.8 Å². The number of benzene rings is 3. The maximum absolute atomic E-state index is 5.89. The first-order chi connectivity index (χ1) is 19.5. The minimum absolute atomic E-state index is 0.343. The zero-order valence-electron chi connectivity index (χ0n) is 22.7. The molecule has 8 nitrogen and oxygen atoms in total. The van der Waals surface area contributed by atoms with Gasteiger partial charge in [0.05, 0.1) is 0 Å². The van der Waals surface area contributed by atoms with E-state index in [1.807, 2.05) is 74.5 Å². The van der Waals surface area contributed by atoms with Crippen LogP contribution >= 0.6 is 12.2 Å². The molecule has 0 aliphatic carbocycles. The number of nitrogens with zero attached hydrogens (tertiary/aromatic N) is 5. The molecule has 0 unspecified atom stereocenters. The molecule has 1 saturated heterocycles. The number of hydrogen-bond acceptors (Lipinski definition) is 5. The molecule has 0 bridgehead atoms. The number of hydrogen-bond donors (Lipinski definition) is 2. The van der Waals surface area contributed by atoms with Crippen LogP contribution in [0.15, 0.2) is 96.0 Å². The molecule has 0 radical (unpaired) electrons. The summed E-state index contributed by atoms with van der Waals surface area (Å²) in [4.78, 5) is 18.5. The lowest BCUT2D eigenvalue weighted by atomic mass is 10.2. The summed E-state index contributed by atoms with van der Waals surface area (Å²) in [5, 5.41) is 6.90. The van der Waals surface area contributed by atoms with Gasteiger partial charge in [-0.3, -0.25) is 10.2 Å². The largest absolute Gasteiger partial charge is 0.457 e. The van der Waals surface area contributed by atoms with Crippen LogP contribution < -0.4 is 15.4 Å². The van der Waals surface area contributed by atoms with Crippen molar-refractivity contribution in [2.45, 2.75) is 20.4 Å². The highest BCUT2D eigenvalue weighted by Crippen LogP contribution is 2.23. The van der Waals surface area contributed by atoms with E-state index in [1.54, 1.807) is 0 Å². The molecule has 1 aliphatic heterocycles. The topological polar surface area (TPSA) is 77.9 Å². The van der Waals surface area contributed by atoms with Gasteiger partial charge in [-0.1, -0.05) is 48.5 Å². The Morgan fingerprint density at radius 2 is 1.40 bits per heavy atom. The zero-order valence-corrected chi connectivity index (χ0v) is 23.6. The lowest BCUT2D eigenvalue weighted by Gasteiger charge is -2.36. The molecule has 0 spiro atoms. The SMILES string of the molecule is Cc1cc(C)nc(N/C(=N/C(=S)Nc2ccc(Oc3ccccc3)cc2)N2CCN(Cc3ccccc3)CC2)n1. The first-order valence-corrected chi connectivity index (χ1v) is 13.7. The van der Waals surface area contributed by atoms with Gasteiger partial charge in [-0.25, -0.2) is 9.97 Å². The summed E-state index contributed by atoms with van der Waals surface area (Å²) >= 11 is 5.65. The number of anilines is 2. The third-order valence-corrected chi connectivity index (χ3v) is 6.61. The van der Waals surface area contributed by atoms with Crippen LogP contribution in [0.3, 0.4) is 0 Å². The predicted molar refractivity (Wildman–Crippen MR) is 165 cm³/mol. The van der Waals surface area contributed by atoms with Crippen molar-refractivity contribution in [1.29, 1.82) is 0 Å². The van der Waals surface area contributed by atoms with Crippen molar-refractivity contribution in [3.8, 4) is 11.5 Å². The number of rotatable bonds is 6. The van der Waals surface area contributed by atoms with Gasteiger partial charge in [-0.05, 0) is 74.1 Å². The molecule has 0 atom stereocenters. The smallest absolute Gasteiger partial charge is 0.229 e. The second-order valence-electron chi connectivity index (χ2n) is 9.65. The number of thiocarbonyl (C=S) groups is 1. The van der Waals surface area contributed by atoms with Crippen LogP contribution in [0.4, 0.5) is 11.6 Å². The highest BCUT2D eigenvalue weighted by Gasteiger charge is 2.21. The highest BCUT2D eigenvalue weighted by atomic mass is 32.1. The minimum atomic E-state index is 0.343. The number of guanidine groups is 1. The molecule has 2 N–H and O–H groups in total. The summed E-state index contributed by atoms with van der Waals surface area (Å²) in [5.41, 5.74) is 3.92. The molecule has 4 aromatic rings. The molecule has 40 heavy (non-hydrogen) atoms. The molecule has 9 heteroatoms. The molecule has 1 aliphatic rings. The molecular formula is C31H33N7OS. The Morgan fingerprint density at radius 3 is 2.05 bits per heavy atom. The van der Waals surface area contributed by atoms with Crippen LogP contribution in [0.1, 0.15) is 17.0 Å². The summed E-state index contributed by atoms with van der Waals surface area (Å²) in [7, 11) is 0. The van der Waals surface area contributed by atoms with Crippen molar-refractivity contribution >= 4 is 34.9 Å². The Hall–Kier alpha value is -4.34. The molecule has 2 heterocycles. The second kappa shape index (κ2) is 13.1. The number of para-hydroxylation sites is 1. The van der Waals surface area contributed by atoms with Gasteiger partial charge in [0.2, 0.25) is 17.0 Å². The van der Waals surface area contributed by atoms with E-state index in [2.05, 4.69) is 60.7 Å². The maximum Gasteiger partial charge on any atom is 0.229 e. The lowest BCUT2D eigenvalue weighted by molar-refractivity contribution is 0.175. The minimum Gasteiger partial charge on any atom is -0.457 e. The number of piperazine rings is 1. The molecule has 204 valence electrons. The predicted octanol–water partition coefficient (Wildman–Crippen LogP) is 5.87. The average Bonchev–Trinajstić information content (AvgIpc) is 2.95. The molecule has 0 amide bonds. The molecule has 3 aromatic carbocycles. The molecule has 1 fully saturated rings. The molecular weight excluding hydrogens is 518 g/mol. The van der Waals surface area contributed by atoms with E-state index in [-0.39, 0.29) is 0 Å². The fraction of sp³-hybridized carbons (Fsp3) is 0.226. The van der Waals surface area contributed by atoms with Gasteiger partial charge in [-0.2, -0.15) is 4.99 Å². The van der Waals surface area contributed by atoms with E-state index in [1.165, 1.54) is 5.56 Å². The van der Waals surface area contributed by atoms with Gasteiger partial charge in [0.25, 0.3) is 0 Å². The van der Waals surface area contributed by atoms with Gasteiger partial charge < -0.3 is 15.0 Å². The van der Waals surface area contributed by atoms with E-state index in [9.17, 15) is 0 Å². The summed E-state index contributed by atoms with van der Waals surface area (Å²) in [5.74, 6) is 2.67. The van der Waals surface area contributed by atoms with Crippen molar-refractivity contribution in [2.24, 2.45) is 4.99 Å². The summed E-state index contributed by atoms with van der Waals surface area (Å²) in [6, 6.07) is 29.8. The number of ether oxygens (including phenoxy) is 1. The van der Waals surface area contributed by atoms with Crippen LogP contribution in [-0.2, 0) is 6.54 Å². The summed E-state index contributed by atoms with van der Waals surface area (Å²) in [6.45, 7) is 8.26. The van der Waals surface area contributed by atoms with Crippen LogP contribution in [0, 0.1) is 13.8 Å². The number of aryl methyl sites for hydroxylation is 2. The monoisotopic (exact) mass is 551 g/mol. The van der Waals surface area contributed by atoms with Crippen LogP contribution in [-0.4, -0.2) is 57.0 Å². The fourth-order valence-electron chi connectivity index (χ4n) is 4.50. The van der Waals surface area contributed by atoms with Crippen LogP contribution in [0.2, 0.25) is 0 Å². The number of nitrogens with one attached hydrogen (secondary N) is 2. The molecule has 1 aromatic heterocycles. The Labute approximate surface area is 240 Å². The van der Waals surface area contributed by atoms with Crippen molar-refractivity contribution in [3.05, 3.63) is 108 Å². The average molecular weight is 552 g/mol. The van der Waals surface area contributed by atoms with Crippen molar-refractivity contribution in [3.63, 3.8) is 0 Å². The van der Waals surface area contributed by atoms with E-state index in [0.29, 0.717) is 17.0 Å². The first-order valence-electron chi connectivity index (χ1n) is 13.3. The van der Waals surface area contributed by atoms with Gasteiger partial charge in [0, 0.05) is 49.8 Å². The quantitative estimate of drug-likeness (QED) is 0.175.